The monoisotopic (exact) mass is 843 g/mol. The van der Waals surface area contributed by atoms with E-state index in [2.05, 4.69) is 198 Å². The summed E-state index contributed by atoms with van der Waals surface area (Å²) in [5.41, 5.74) is 14.6. The number of hydrogen-bond donors (Lipinski definition) is 0. The van der Waals surface area contributed by atoms with E-state index < -0.39 is 0 Å². The number of pyridine rings is 1. The maximum absolute atomic E-state index is 6.24. The number of fused-ring (bicyclic) bond motifs is 7. The van der Waals surface area contributed by atoms with Crippen molar-refractivity contribution in [3.05, 3.63) is 225 Å². The molecule has 13 aromatic rings. The van der Waals surface area contributed by atoms with Gasteiger partial charge in [0.2, 0.25) is 0 Å². The first kappa shape index (κ1) is 37.5. The first-order valence-electron chi connectivity index (χ1n) is 22.1. The number of nitrogens with zero attached hydrogens (tertiary/aromatic N) is 5. The summed E-state index contributed by atoms with van der Waals surface area (Å²) in [6.07, 6.45) is 3.54. The van der Waals surface area contributed by atoms with Crippen LogP contribution in [0, 0.1) is 0 Å². The second kappa shape index (κ2) is 15.4. The second-order valence-electron chi connectivity index (χ2n) is 16.7. The van der Waals surface area contributed by atoms with Gasteiger partial charge in [0, 0.05) is 50.1 Å². The van der Waals surface area contributed by atoms with Crippen molar-refractivity contribution in [1.82, 2.24) is 24.5 Å². The molecular formula is C60H37N5O. The van der Waals surface area contributed by atoms with Crippen LogP contribution in [0.5, 0.6) is 0 Å². The molecule has 308 valence electrons. The molecule has 0 fully saturated rings. The van der Waals surface area contributed by atoms with E-state index in [1.54, 1.807) is 12.4 Å². The molecule has 66 heavy (non-hydrogen) atoms. The molecule has 0 radical (unpaired) electrons. The summed E-state index contributed by atoms with van der Waals surface area (Å²) >= 11 is 0. The van der Waals surface area contributed by atoms with E-state index in [1.807, 2.05) is 24.3 Å². The van der Waals surface area contributed by atoms with E-state index in [0.717, 1.165) is 66.2 Å². The van der Waals surface area contributed by atoms with E-state index in [0.29, 0.717) is 17.5 Å². The summed E-state index contributed by atoms with van der Waals surface area (Å²) in [6.45, 7) is 0. The molecule has 6 nitrogen and oxygen atoms in total. The van der Waals surface area contributed by atoms with Gasteiger partial charge < -0.3 is 8.98 Å². The van der Waals surface area contributed by atoms with Gasteiger partial charge in [0.15, 0.2) is 23.1 Å². The van der Waals surface area contributed by atoms with E-state index in [9.17, 15) is 0 Å². The highest BCUT2D eigenvalue weighted by Gasteiger charge is 2.19. The zero-order chi connectivity index (χ0) is 43.6. The number of rotatable bonds is 7. The lowest BCUT2D eigenvalue weighted by Gasteiger charge is -2.12. The summed E-state index contributed by atoms with van der Waals surface area (Å²) in [6, 6.07) is 74.9. The van der Waals surface area contributed by atoms with Crippen LogP contribution in [0.15, 0.2) is 229 Å². The van der Waals surface area contributed by atoms with Crippen LogP contribution in [0.1, 0.15) is 0 Å². The number of para-hydroxylation sites is 1. The zero-order valence-corrected chi connectivity index (χ0v) is 35.5. The van der Waals surface area contributed by atoms with Crippen LogP contribution in [0.2, 0.25) is 0 Å². The molecule has 4 heterocycles. The minimum Gasteiger partial charge on any atom is -0.454 e. The Bertz CT molecular complexity index is 3970. The fourth-order valence-electron chi connectivity index (χ4n) is 9.49. The molecular weight excluding hydrogens is 807 g/mol. The van der Waals surface area contributed by atoms with Gasteiger partial charge in [-0.05, 0) is 92.7 Å². The molecule has 0 saturated heterocycles. The minimum atomic E-state index is 0.570. The Labute approximate surface area is 379 Å². The van der Waals surface area contributed by atoms with Gasteiger partial charge in [-0.25, -0.2) is 15.0 Å². The van der Waals surface area contributed by atoms with E-state index in [1.165, 1.54) is 44.1 Å². The average Bonchev–Trinajstić information content (AvgIpc) is 3.94. The van der Waals surface area contributed by atoms with Crippen molar-refractivity contribution in [3.63, 3.8) is 0 Å². The summed E-state index contributed by atoms with van der Waals surface area (Å²) in [4.78, 5) is 19.8. The van der Waals surface area contributed by atoms with Crippen LogP contribution >= 0.6 is 0 Å². The summed E-state index contributed by atoms with van der Waals surface area (Å²) in [7, 11) is 0. The predicted molar refractivity (Wildman–Crippen MR) is 269 cm³/mol. The van der Waals surface area contributed by atoms with Crippen LogP contribution < -0.4 is 0 Å². The van der Waals surface area contributed by atoms with Gasteiger partial charge >= 0.3 is 0 Å². The fraction of sp³-hybridized carbons (Fsp3) is 0. The largest absolute Gasteiger partial charge is 0.454 e. The Morgan fingerprint density at radius 2 is 0.909 bits per heavy atom. The molecule has 0 amide bonds. The van der Waals surface area contributed by atoms with Crippen molar-refractivity contribution in [2.24, 2.45) is 0 Å². The second-order valence-corrected chi connectivity index (χ2v) is 16.7. The molecule has 0 atom stereocenters. The van der Waals surface area contributed by atoms with Crippen molar-refractivity contribution in [1.29, 1.82) is 0 Å². The van der Waals surface area contributed by atoms with Crippen LogP contribution in [0.3, 0.4) is 0 Å². The SMILES string of the molecule is c1ccc(-c2ccc3cc(-c4nc(-c5ccc(-c6ccc(-n7c8ccccc8c8ccc(-c9ccccc9)cc87)cc6)cc5)nc(-c5cccc6oc7cnccc7c56)n4)ccc3c2)cc1. The summed E-state index contributed by atoms with van der Waals surface area (Å²) in [5.74, 6) is 1.75. The molecule has 0 aliphatic carbocycles. The van der Waals surface area contributed by atoms with Crippen molar-refractivity contribution < 1.29 is 4.42 Å². The Morgan fingerprint density at radius 1 is 0.348 bits per heavy atom. The molecule has 4 aromatic heterocycles. The number of hydrogen-bond acceptors (Lipinski definition) is 5. The maximum Gasteiger partial charge on any atom is 0.164 e. The molecule has 0 saturated carbocycles. The lowest BCUT2D eigenvalue weighted by molar-refractivity contribution is 0.667. The molecule has 0 spiro atoms. The molecule has 0 aliphatic rings. The van der Waals surface area contributed by atoms with E-state index in [-0.39, 0.29) is 0 Å². The van der Waals surface area contributed by atoms with Gasteiger partial charge in [-0.2, -0.15) is 0 Å². The van der Waals surface area contributed by atoms with Crippen LogP contribution in [-0.4, -0.2) is 24.5 Å². The normalized spacial score (nSPS) is 11.6. The zero-order valence-electron chi connectivity index (χ0n) is 35.5. The highest BCUT2D eigenvalue weighted by Crippen LogP contribution is 2.38. The van der Waals surface area contributed by atoms with Crippen molar-refractivity contribution in [3.8, 4) is 73.2 Å². The molecule has 0 N–H and O–H groups in total. The van der Waals surface area contributed by atoms with Gasteiger partial charge in [-0.3, -0.25) is 4.98 Å². The topological polar surface area (TPSA) is 69.6 Å². The van der Waals surface area contributed by atoms with Gasteiger partial charge in [-0.15, -0.1) is 0 Å². The Kier molecular flexibility index (Phi) is 8.74. The Balaban J connectivity index is 0.885. The first-order chi connectivity index (χ1) is 32.7. The lowest BCUT2D eigenvalue weighted by atomic mass is 10.00. The van der Waals surface area contributed by atoms with Crippen molar-refractivity contribution in [2.75, 3.05) is 0 Å². The van der Waals surface area contributed by atoms with Gasteiger partial charge in [0.25, 0.3) is 0 Å². The number of aromatic nitrogens is 5. The molecule has 0 aliphatic heterocycles. The molecule has 6 heteroatoms. The first-order valence-corrected chi connectivity index (χ1v) is 22.1. The van der Waals surface area contributed by atoms with Crippen LogP contribution in [-0.2, 0) is 0 Å². The lowest BCUT2D eigenvalue weighted by Crippen LogP contribution is -2.00. The molecule has 0 unspecified atom stereocenters. The highest BCUT2D eigenvalue weighted by atomic mass is 16.3. The fourth-order valence-corrected chi connectivity index (χ4v) is 9.49. The molecule has 0 bridgehead atoms. The third-order valence-corrected chi connectivity index (χ3v) is 12.8. The Hall–Kier alpha value is -9.00. The molecule has 13 rings (SSSR count). The minimum absolute atomic E-state index is 0.570. The molecule has 9 aromatic carbocycles. The summed E-state index contributed by atoms with van der Waals surface area (Å²) < 4.78 is 8.62. The van der Waals surface area contributed by atoms with E-state index >= 15 is 0 Å². The maximum atomic E-state index is 6.24. The van der Waals surface area contributed by atoms with Crippen molar-refractivity contribution in [2.45, 2.75) is 0 Å². The average molecular weight is 844 g/mol. The van der Waals surface area contributed by atoms with Gasteiger partial charge in [0.1, 0.15) is 5.58 Å². The van der Waals surface area contributed by atoms with Crippen LogP contribution in [0.4, 0.5) is 0 Å². The van der Waals surface area contributed by atoms with Gasteiger partial charge in [0.05, 0.1) is 17.2 Å². The third-order valence-electron chi connectivity index (χ3n) is 12.8. The van der Waals surface area contributed by atoms with Gasteiger partial charge in [-0.1, -0.05) is 164 Å². The van der Waals surface area contributed by atoms with Crippen LogP contribution in [0.25, 0.3) is 128 Å². The predicted octanol–water partition coefficient (Wildman–Crippen LogP) is 15.4. The Morgan fingerprint density at radius 3 is 1.67 bits per heavy atom. The quantitative estimate of drug-likeness (QED) is 0.160. The van der Waals surface area contributed by atoms with Crippen molar-refractivity contribution >= 4 is 54.5 Å². The smallest absolute Gasteiger partial charge is 0.164 e. The number of benzene rings is 9. The number of furan rings is 1. The summed E-state index contributed by atoms with van der Waals surface area (Å²) in [5, 5.41) is 6.64. The highest BCUT2D eigenvalue weighted by molar-refractivity contribution is 6.12. The van der Waals surface area contributed by atoms with E-state index in [4.69, 9.17) is 19.4 Å². The third kappa shape index (κ3) is 6.42. The standard InChI is InChI=1S/C60H37N5O/c1-3-10-38(11-4-1)43-22-23-45-35-47(25-24-44(45)34-43)59-62-58(63-60(64-59)52-15-9-17-55-57(52)51-32-33-61-37-56(51)66-55)42-20-18-40(19-21-42)41-26-29-48(30-27-41)65-53-16-8-7-14-49(53)50-31-28-46(36-54(50)65)39-12-5-2-6-13-39/h1-37H.